The van der Waals surface area contributed by atoms with Gasteiger partial charge in [0, 0.05) is 38.9 Å². The van der Waals surface area contributed by atoms with E-state index in [1.807, 2.05) is 6.92 Å². The smallest absolute Gasteiger partial charge is 0.305 e. The minimum Gasteiger partial charge on any atom is -0.466 e. The molecule has 0 saturated heterocycles. The van der Waals surface area contributed by atoms with Gasteiger partial charge in [-0.1, -0.05) is 0 Å². The molecule has 0 heterocycles. The SMILES string of the molecule is CCOC(=O)CC[C@@H]1CCC(=O)[C@H]1CC(OC)OCC. The first-order valence-electron chi connectivity index (χ1n) is 7.45. The van der Waals surface area contributed by atoms with Gasteiger partial charge in [0.05, 0.1) is 6.61 Å². The second-order valence-corrected chi connectivity index (χ2v) is 5.07. The first-order chi connectivity index (χ1) is 9.62. The third kappa shape index (κ3) is 5.21. The van der Waals surface area contributed by atoms with Gasteiger partial charge in [0.2, 0.25) is 0 Å². The number of esters is 1. The fourth-order valence-electron chi connectivity index (χ4n) is 2.81. The van der Waals surface area contributed by atoms with Crippen LogP contribution in [-0.4, -0.2) is 38.4 Å². The number of rotatable bonds is 9. The zero-order valence-corrected chi connectivity index (χ0v) is 12.7. The van der Waals surface area contributed by atoms with Gasteiger partial charge in [-0.3, -0.25) is 9.59 Å². The number of Topliss-reactive ketones (excluding diaryl/α,β-unsaturated/α-hetero) is 1. The molecule has 0 aliphatic heterocycles. The largest absolute Gasteiger partial charge is 0.466 e. The average molecular weight is 286 g/mol. The molecule has 0 amide bonds. The maximum atomic E-state index is 12.0. The van der Waals surface area contributed by atoms with Crippen molar-refractivity contribution in [2.75, 3.05) is 20.3 Å². The molecule has 1 unspecified atom stereocenters. The summed E-state index contributed by atoms with van der Waals surface area (Å²) in [6.45, 7) is 4.67. The summed E-state index contributed by atoms with van der Waals surface area (Å²) in [7, 11) is 1.59. The highest BCUT2D eigenvalue weighted by Crippen LogP contribution is 2.36. The number of hydrogen-bond acceptors (Lipinski definition) is 5. The van der Waals surface area contributed by atoms with E-state index in [1.54, 1.807) is 14.0 Å². The normalized spacial score (nSPS) is 23.9. The van der Waals surface area contributed by atoms with Gasteiger partial charge in [0.15, 0.2) is 6.29 Å². The molecule has 1 rings (SSSR count). The summed E-state index contributed by atoms with van der Waals surface area (Å²) >= 11 is 0. The van der Waals surface area contributed by atoms with E-state index in [2.05, 4.69) is 0 Å². The Labute approximate surface area is 121 Å². The molecule has 20 heavy (non-hydrogen) atoms. The molecule has 0 radical (unpaired) electrons. The van der Waals surface area contributed by atoms with Crippen LogP contribution in [0.4, 0.5) is 0 Å². The van der Waals surface area contributed by atoms with Crippen molar-refractivity contribution in [2.45, 2.75) is 52.2 Å². The van der Waals surface area contributed by atoms with E-state index in [1.165, 1.54) is 0 Å². The fraction of sp³-hybridized carbons (Fsp3) is 0.867. The zero-order valence-electron chi connectivity index (χ0n) is 12.7. The van der Waals surface area contributed by atoms with Crippen molar-refractivity contribution in [2.24, 2.45) is 11.8 Å². The van der Waals surface area contributed by atoms with Gasteiger partial charge in [0.25, 0.3) is 0 Å². The van der Waals surface area contributed by atoms with Crippen LogP contribution in [0.15, 0.2) is 0 Å². The number of ketones is 1. The van der Waals surface area contributed by atoms with Gasteiger partial charge >= 0.3 is 5.97 Å². The first-order valence-corrected chi connectivity index (χ1v) is 7.45. The molecule has 0 aromatic heterocycles. The highest BCUT2D eigenvalue weighted by molar-refractivity contribution is 5.83. The van der Waals surface area contributed by atoms with Gasteiger partial charge in [-0.15, -0.1) is 0 Å². The van der Waals surface area contributed by atoms with Gasteiger partial charge in [-0.25, -0.2) is 0 Å². The van der Waals surface area contributed by atoms with Gasteiger partial charge in [-0.05, 0) is 32.6 Å². The predicted molar refractivity (Wildman–Crippen MR) is 74.1 cm³/mol. The molecule has 0 aromatic rings. The van der Waals surface area contributed by atoms with Crippen molar-refractivity contribution in [1.82, 2.24) is 0 Å². The zero-order chi connectivity index (χ0) is 15.0. The summed E-state index contributed by atoms with van der Waals surface area (Å²) < 4.78 is 15.6. The number of carbonyl (C=O) groups is 2. The lowest BCUT2D eigenvalue weighted by Gasteiger charge is -2.23. The Bertz CT molecular complexity index is 315. The van der Waals surface area contributed by atoms with Crippen LogP contribution in [0.1, 0.15) is 46.0 Å². The maximum Gasteiger partial charge on any atom is 0.305 e. The Balaban J connectivity index is 2.48. The molecule has 5 heteroatoms. The van der Waals surface area contributed by atoms with E-state index in [4.69, 9.17) is 14.2 Å². The van der Waals surface area contributed by atoms with Crippen LogP contribution in [0, 0.1) is 11.8 Å². The van der Waals surface area contributed by atoms with Crippen LogP contribution in [-0.2, 0) is 23.8 Å². The van der Waals surface area contributed by atoms with Crippen LogP contribution >= 0.6 is 0 Å². The van der Waals surface area contributed by atoms with Crippen molar-refractivity contribution >= 4 is 11.8 Å². The van der Waals surface area contributed by atoms with Crippen molar-refractivity contribution in [3.8, 4) is 0 Å². The summed E-state index contributed by atoms with van der Waals surface area (Å²) in [6, 6.07) is 0. The van der Waals surface area contributed by atoms with Crippen molar-refractivity contribution in [3.63, 3.8) is 0 Å². The summed E-state index contributed by atoms with van der Waals surface area (Å²) in [4.78, 5) is 23.4. The minimum absolute atomic E-state index is 0.0547. The van der Waals surface area contributed by atoms with E-state index < -0.39 is 0 Å². The maximum absolute atomic E-state index is 12.0. The highest BCUT2D eigenvalue weighted by Gasteiger charge is 2.36. The van der Waals surface area contributed by atoms with Crippen LogP contribution in [0.5, 0.6) is 0 Å². The standard InChI is InChI=1S/C15H26O5/c1-4-19-14(17)9-7-11-6-8-13(16)12(11)10-15(18-3)20-5-2/h11-12,15H,4-10H2,1-3H3/t11-,12-,15?/m0/s1. The molecule has 1 saturated carbocycles. The van der Waals surface area contributed by atoms with E-state index in [0.717, 1.165) is 6.42 Å². The Hall–Kier alpha value is -0.940. The second kappa shape index (κ2) is 9.08. The molecule has 1 fully saturated rings. The summed E-state index contributed by atoms with van der Waals surface area (Å²) in [6.07, 6.45) is 2.78. The third-order valence-electron chi connectivity index (χ3n) is 3.83. The van der Waals surface area contributed by atoms with Crippen molar-refractivity contribution in [3.05, 3.63) is 0 Å². The third-order valence-corrected chi connectivity index (χ3v) is 3.83. The lowest BCUT2D eigenvalue weighted by molar-refractivity contribution is -0.145. The first kappa shape index (κ1) is 17.1. The Morgan fingerprint density at radius 2 is 2.10 bits per heavy atom. The molecule has 0 aromatic carbocycles. The molecule has 0 N–H and O–H groups in total. The van der Waals surface area contributed by atoms with Crippen LogP contribution in [0.25, 0.3) is 0 Å². The molecule has 0 bridgehead atoms. The van der Waals surface area contributed by atoms with Gasteiger partial charge in [0.1, 0.15) is 5.78 Å². The topological polar surface area (TPSA) is 61.8 Å². The van der Waals surface area contributed by atoms with E-state index in [0.29, 0.717) is 38.9 Å². The van der Waals surface area contributed by atoms with Crippen molar-refractivity contribution < 1.29 is 23.8 Å². The fourth-order valence-corrected chi connectivity index (χ4v) is 2.81. The number of carbonyl (C=O) groups excluding carboxylic acids is 2. The van der Waals surface area contributed by atoms with Crippen LogP contribution in [0.3, 0.4) is 0 Å². The number of hydrogen-bond donors (Lipinski definition) is 0. The molecule has 3 atom stereocenters. The van der Waals surface area contributed by atoms with Crippen LogP contribution in [0.2, 0.25) is 0 Å². The minimum atomic E-state index is -0.336. The predicted octanol–water partition coefficient (Wildman–Crippen LogP) is 2.32. The Morgan fingerprint density at radius 3 is 2.70 bits per heavy atom. The lowest BCUT2D eigenvalue weighted by atomic mass is 9.88. The quantitative estimate of drug-likeness (QED) is 0.481. The Kier molecular flexibility index (Phi) is 7.77. The Morgan fingerprint density at radius 1 is 1.35 bits per heavy atom. The van der Waals surface area contributed by atoms with Gasteiger partial charge in [-0.2, -0.15) is 0 Å². The average Bonchev–Trinajstić information content (AvgIpc) is 2.77. The van der Waals surface area contributed by atoms with E-state index in [9.17, 15) is 9.59 Å². The molecule has 116 valence electrons. The summed E-state index contributed by atoms with van der Waals surface area (Å²) in [5.74, 6) is 0.269. The van der Waals surface area contributed by atoms with Crippen molar-refractivity contribution in [1.29, 1.82) is 0 Å². The lowest BCUT2D eigenvalue weighted by Crippen LogP contribution is -2.25. The number of ether oxygens (including phenoxy) is 3. The van der Waals surface area contributed by atoms with Gasteiger partial charge < -0.3 is 14.2 Å². The summed E-state index contributed by atoms with van der Waals surface area (Å²) in [5, 5.41) is 0. The molecule has 0 spiro atoms. The molecular formula is C15H26O5. The molecule has 1 aliphatic rings. The monoisotopic (exact) mass is 286 g/mol. The van der Waals surface area contributed by atoms with E-state index in [-0.39, 0.29) is 29.9 Å². The molecule has 5 nitrogen and oxygen atoms in total. The second-order valence-electron chi connectivity index (χ2n) is 5.07. The highest BCUT2D eigenvalue weighted by atomic mass is 16.7. The van der Waals surface area contributed by atoms with Crippen LogP contribution < -0.4 is 0 Å². The van der Waals surface area contributed by atoms with E-state index >= 15 is 0 Å². The molecule has 1 aliphatic carbocycles. The molecular weight excluding hydrogens is 260 g/mol. The number of methoxy groups -OCH3 is 1. The summed E-state index contributed by atoms with van der Waals surface area (Å²) in [5.41, 5.74) is 0.